The molecule has 22 heavy (non-hydrogen) atoms. The lowest BCUT2D eigenvalue weighted by Crippen LogP contribution is -2.23. The number of rotatable bonds is 4. The van der Waals surface area contributed by atoms with E-state index in [1.165, 1.54) is 22.5 Å². The average molecular weight is 360 g/mol. The third-order valence-corrected chi connectivity index (χ3v) is 6.56. The van der Waals surface area contributed by atoms with Crippen molar-refractivity contribution in [2.45, 2.75) is 37.7 Å². The molecule has 0 fully saturated rings. The van der Waals surface area contributed by atoms with Gasteiger partial charge in [0.05, 0.1) is 10.7 Å². The van der Waals surface area contributed by atoms with Crippen molar-refractivity contribution in [2.75, 3.05) is 0 Å². The quantitative estimate of drug-likeness (QED) is 0.878. The highest BCUT2D eigenvalue weighted by atomic mass is 35.5. The van der Waals surface area contributed by atoms with Gasteiger partial charge >= 0.3 is 0 Å². The molecule has 1 aromatic carbocycles. The molecule has 0 saturated carbocycles. The Bertz CT molecular complexity index is 787. The average Bonchev–Trinajstić information content (AvgIpc) is 3.02. The van der Waals surface area contributed by atoms with Gasteiger partial charge in [-0.1, -0.05) is 18.2 Å². The number of nitrogens with zero attached hydrogens (tertiary/aromatic N) is 1. The first kappa shape index (κ1) is 17.4. The zero-order valence-electron chi connectivity index (χ0n) is 12.3. The number of fused-ring (bicyclic) bond motifs is 1. The van der Waals surface area contributed by atoms with Crippen molar-refractivity contribution in [3.05, 3.63) is 45.6 Å². The van der Waals surface area contributed by atoms with Crippen molar-refractivity contribution in [3.8, 4) is 0 Å². The molecule has 0 amide bonds. The number of aromatic nitrogens is 1. The number of nitrogens with one attached hydrogen (secondary N) is 2. The van der Waals surface area contributed by atoms with Crippen LogP contribution < -0.4 is 10.0 Å². The molecular formula is C14H18ClN3O2S2. The van der Waals surface area contributed by atoms with Gasteiger partial charge in [-0.15, -0.1) is 23.7 Å². The second-order valence-corrected chi connectivity index (χ2v) is 8.30. The fourth-order valence-corrected chi connectivity index (χ4v) is 5.01. The Morgan fingerprint density at radius 3 is 2.68 bits per heavy atom. The first-order valence-corrected chi connectivity index (χ1v) is 9.01. The highest BCUT2D eigenvalue weighted by Crippen LogP contribution is 2.23. The minimum Gasteiger partial charge on any atom is -0.309 e. The molecule has 0 bridgehead atoms. The lowest BCUT2D eigenvalue weighted by molar-refractivity contribution is 0.582. The number of sulfonamides is 1. The Morgan fingerprint density at radius 1 is 1.27 bits per heavy atom. The molecule has 1 aromatic heterocycles. The molecule has 1 aliphatic rings. The standard InChI is InChI=1S/C14H17N3O2S2.ClH/c1-9-14(20-10(2)17-9)21(18,19)16-6-11-3-4-12-7-15-8-13(12)5-11;/h3-5,15-16H,6-8H2,1-2H3;1H. The molecule has 2 heterocycles. The number of halogens is 1. The van der Waals surface area contributed by atoms with Crippen LogP contribution in [0.5, 0.6) is 0 Å². The van der Waals surface area contributed by atoms with E-state index in [1.54, 1.807) is 6.92 Å². The van der Waals surface area contributed by atoms with Gasteiger partial charge in [-0.05, 0) is 30.5 Å². The highest BCUT2D eigenvalue weighted by Gasteiger charge is 2.20. The van der Waals surface area contributed by atoms with E-state index in [0.717, 1.165) is 23.7 Å². The van der Waals surface area contributed by atoms with Crippen LogP contribution in [-0.2, 0) is 29.7 Å². The van der Waals surface area contributed by atoms with E-state index in [9.17, 15) is 8.42 Å². The van der Waals surface area contributed by atoms with Crippen LogP contribution in [0.2, 0.25) is 0 Å². The number of benzene rings is 1. The van der Waals surface area contributed by atoms with E-state index in [0.29, 0.717) is 16.4 Å². The van der Waals surface area contributed by atoms with Crippen LogP contribution in [0, 0.1) is 13.8 Å². The molecular weight excluding hydrogens is 342 g/mol. The van der Waals surface area contributed by atoms with Gasteiger partial charge in [0, 0.05) is 19.6 Å². The van der Waals surface area contributed by atoms with E-state index in [2.05, 4.69) is 27.2 Å². The maximum absolute atomic E-state index is 12.3. The SMILES string of the molecule is Cc1nc(C)c(S(=O)(=O)NCc2ccc3c(c2)CNC3)s1.Cl. The van der Waals surface area contributed by atoms with E-state index in [1.807, 2.05) is 13.0 Å². The maximum Gasteiger partial charge on any atom is 0.252 e. The third-order valence-electron chi connectivity index (χ3n) is 3.47. The first-order valence-electron chi connectivity index (χ1n) is 6.71. The van der Waals surface area contributed by atoms with Crippen molar-refractivity contribution < 1.29 is 8.42 Å². The number of hydrogen-bond donors (Lipinski definition) is 2. The van der Waals surface area contributed by atoms with Gasteiger partial charge in [-0.25, -0.2) is 18.1 Å². The molecule has 120 valence electrons. The molecule has 2 N–H and O–H groups in total. The largest absolute Gasteiger partial charge is 0.309 e. The van der Waals surface area contributed by atoms with Crippen LogP contribution in [0.15, 0.2) is 22.4 Å². The van der Waals surface area contributed by atoms with Crippen molar-refractivity contribution in [1.82, 2.24) is 15.0 Å². The summed E-state index contributed by atoms with van der Waals surface area (Å²) < 4.78 is 27.6. The fraction of sp³-hybridized carbons (Fsp3) is 0.357. The van der Waals surface area contributed by atoms with E-state index >= 15 is 0 Å². The zero-order valence-corrected chi connectivity index (χ0v) is 14.8. The maximum atomic E-state index is 12.3. The lowest BCUT2D eigenvalue weighted by Gasteiger charge is -2.07. The Kier molecular flexibility index (Phi) is 5.24. The summed E-state index contributed by atoms with van der Waals surface area (Å²) in [6.45, 7) is 5.57. The Morgan fingerprint density at radius 2 is 2.00 bits per heavy atom. The normalized spacial score (nSPS) is 13.7. The van der Waals surface area contributed by atoms with Crippen LogP contribution >= 0.6 is 23.7 Å². The summed E-state index contributed by atoms with van der Waals surface area (Å²) in [5.41, 5.74) is 4.06. The lowest BCUT2D eigenvalue weighted by atomic mass is 10.1. The molecule has 8 heteroatoms. The fourth-order valence-electron chi connectivity index (χ4n) is 2.46. The molecule has 2 aromatic rings. The van der Waals surface area contributed by atoms with Gasteiger partial charge in [0.1, 0.15) is 0 Å². The van der Waals surface area contributed by atoms with Crippen molar-refractivity contribution in [1.29, 1.82) is 0 Å². The van der Waals surface area contributed by atoms with Crippen LogP contribution in [-0.4, -0.2) is 13.4 Å². The summed E-state index contributed by atoms with van der Waals surface area (Å²) >= 11 is 1.20. The summed E-state index contributed by atoms with van der Waals surface area (Å²) in [5, 5.41) is 4.04. The summed E-state index contributed by atoms with van der Waals surface area (Å²) in [7, 11) is -3.49. The summed E-state index contributed by atoms with van der Waals surface area (Å²) in [4.78, 5) is 4.17. The first-order chi connectivity index (χ1) is 9.95. The predicted molar refractivity (Wildman–Crippen MR) is 89.8 cm³/mol. The number of aryl methyl sites for hydroxylation is 2. The summed E-state index contributed by atoms with van der Waals surface area (Å²) in [5.74, 6) is 0. The smallest absolute Gasteiger partial charge is 0.252 e. The minimum atomic E-state index is -3.49. The molecule has 0 aliphatic carbocycles. The van der Waals surface area contributed by atoms with Gasteiger partial charge in [0.25, 0.3) is 10.0 Å². The number of hydrogen-bond acceptors (Lipinski definition) is 5. The molecule has 3 rings (SSSR count). The van der Waals surface area contributed by atoms with Crippen molar-refractivity contribution in [2.24, 2.45) is 0 Å². The van der Waals surface area contributed by atoms with Crippen molar-refractivity contribution >= 4 is 33.8 Å². The second-order valence-electron chi connectivity index (χ2n) is 5.14. The summed E-state index contributed by atoms with van der Waals surface area (Å²) in [6, 6.07) is 6.09. The van der Waals surface area contributed by atoms with Gasteiger partial charge in [0.15, 0.2) is 4.21 Å². The van der Waals surface area contributed by atoms with Crippen LogP contribution in [0.25, 0.3) is 0 Å². The van der Waals surface area contributed by atoms with E-state index < -0.39 is 10.0 Å². The van der Waals surface area contributed by atoms with Gasteiger partial charge in [-0.2, -0.15) is 0 Å². The van der Waals surface area contributed by atoms with Gasteiger partial charge in [0.2, 0.25) is 0 Å². The topological polar surface area (TPSA) is 71.1 Å². The molecule has 1 aliphatic heterocycles. The van der Waals surface area contributed by atoms with Crippen molar-refractivity contribution in [3.63, 3.8) is 0 Å². The van der Waals surface area contributed by atoms with Gasteiger partial charge < -0.3 is 5.32 Å². The molecule has 0 unspecified atom stereocenters. The second kappa shape index (κ2) is 6.64. The molecule has 5 nitrogen and oxygen atoms in total. The molecule has 0 atom stereocenters. The summed E-state index contributed by atoms with van der Waals surface area (Å²) in [6.07, 6.45) is 0. The third kappa shape index (κ3) is 3.49. The van der Waals surface area contributed by atoms with E-state index in [4.69, 9.17) is 0 Å². The molecule has 0 saturated heterocycles. The van der Waals surface area contributed by atoms with Crippen LogP contribution in [0.3, 0.4) is 0 Å². The molecule has 0 spiro atoms. The highest BCUT2D eigenvalue weighted by molar-refractivity contribution is 7.91. The Balaban J connectivity index is 0.00000176. The van der Waals surface area contributed by atoms with Crippen LogP contribution in [0.4, 0.5) is 0 Å². The Hall–Kier alpha value is -0.990. The number of thiazole rings is 1. The molecule has 0 radical (unpaired) electrons. The Labute approximate surface area is 140 Å². The minimum absolute atomic E-state index is 0. The monoisotopic (exact) mass is 359 g/mol. The van der Waals surface area contributed by atoms with Gasteiger partial charge in [-0.3, -0.25) is 0 Å². The predicted octanol–water partition coefficient (Wildman–Crippen LogP) is 2.26. The van der Waals surface area contributed by atoms with E-state index in [-0.39, 0.29) is 12.4 Å². The zero-order chi connectivity index (χ0) is 15.0. The van der Waals surface area contributed by atoms with Crippen LogP contribution in [0.1, 0.15) is 27.4 Å².